The first-order valence-electron chi connectivity index (χ1n) is 4.27. The van der Waals surface area contributed by atoms with Gasteiger partial charge in [0.2, 0.25) is 5.91 Å². The quantitative estimate of drug-likeness (QED) is 0.653. The van der Waals surface area contributed by atoms with Crippen molar-refractivity contribution in [1.29, 1.82) is 0 Å². The molecule has 4 heteroatoms. The van der Waals surface area contributed by atoms with Gasteiger partial charge in [0, 0.05) is 25.6 Å². The van der Waals surface area contributed by atoms with Crippen LogP contribution in [0.1, 0.15) is 19.8 Å². The van der Waals surface area contributed by atoms with Crippen LogP contribution in [0.25, 0.3) is 0 Å². The molecule has 0 aliphatic carbocycles. The van der Waals surface area contributed by atoms with Crippen molar-refractivity contribution < 1.29 is 14.7 Å². The van der Waals surface area contributed by atoms with Gasteiger partial charge in [-0.05, 0) is 18.9 Å². The van der Waals surface area contributed by atoms with E-state index in [0.717, 1.165) is 19.0 Å². The number of hydrogen-bond acceptors (Lipinski definition) is 2. The smallest absolute Gasteiger partial charge is 0.328 e. The van der Waals surface area contributed by atoms with Gasteiger partial charge in [-0.3, -0.25) is 4.79 Å². The zero-order valence-corrected chi connectivity index (χ0v) is 7.62. The molecule has 0 atom stereocenters. The highest BCUT2D eigenvalue weighted by Gasteiger charge is 2.19. The second kappa shape index (κ2) is 4.07. The second-order valence-electron chi connectivity index (χ2n) is 3.25. The summed E-state index contributed by atoms with van der Waals surface area (Å²) in [5, 5.41) is 8.44. The Hall–Kier alpha value is -1.32. The Labute approximate surface area is 76.8 Å². The maximum Gasteiger partial charge on any atom is 0.328 e. The van der Waals surface area contributed by atoms with E-state index in [1.807, 2.05) is 0 Å². The second-order valence-corrected chi connectivity index (χ2v) is 3.25. The molecule has 0 aromatic rings. The molecule has 0 unspecified atom stereocenters. The fraction of sp³-hybridized carbons (Fsp3) is 0.556. The average molecular weight is 183 g/mol. The lowest BCUT2D eigenvalue weighted by Crippen LogP contribution is -2.26. The van der Waals surface area contributed by atoms with Crippen LogP contribution in [0.3, 0.4) is 0 Å². The van der Waals surface area contributed by atoms with E-state index in [9.17, 15) is 9.59 Å². The number of carbonyl (C=O) groups excluding carboxylic acids is 1. The van der Waals surface area contributed by atoms with E-state index in [2.05, 4.69) is 0 Å². The van der Waals surface area contributed by atoms with E-state index < -0.39 is 5.97 Å². The van der Waals surface area contributed by atoms with Crippen molar-refractivity contribution in [1.82, 2.24) is 4.90 Å². The number of hydrogen-bond donors (Lipinski definition) is 1. The van der Waals surface area contributed by atoms with Gasteiger partial charge < -0.3 is 10.0 Å². The molecule has 1 N–H and O–H groups in total. The largest absolute Gasteiger partial charge is 0.478 e. The minimum atomic E-state index is -0.954. The number of likely N-dealkylation sites (tertiary alicyclic amines) is 1. The molecule has 1 amide bonds. The maximum atomic E-state index is 11.1. The third-order valence-corrected chi connectivity index (χ3v) is 1.98. The average Bonchev–Trinajstić information content (AvgIpc) is 2.34. The molecule has 0 saturated carbocycles. The van der Waals surface area contributed by atoms with Gasteiger partial charge in [-0.25, -0.2) is 4.79 Å². The molecule has 0 aromatic carbocycles. The summed E-state index contributed by atoms with van der Waals surface area (Å²) in [6.07, 6.45) is 2.63. The molecule has 13 heavy (non-hydrogen) atoms. The van der Waals surface area contributed by atoms with Crippen LogP contribution in [0.5, 0.6) is 0 Å². The van der Waals surface area contributed by atoms with Gasteiger partial charge in [0.1, 0.15) is 0 Å². The van der Waals surface area contributed by atoms with Gasteiger partial charge >= 0.3 is 5.97 Å². The van der Waals surface area contributed by atoms with E-state index in [1.165, 1.54) is 0 Å². The monoisotopic (exact) mass is 183 g/mol. The summed E-state index contributed by atoms with van der Waals surface area (Å²) in [6, 6.07) is 0. The van der Waals surface area contributed by atoms with Crippen LogP contribution in [0.2, 0.25) is 0 Å². The Morgan fingerprint density at radius 2 is 2.38 bits per heavy atom. The summed E-state index contributed by atoms with van der Waals surface area (Å²) in [5.74, 6) is -0.831. The summed E-state index contributed by atoms with van der Waals surface area (Å²) in [5.41, 5.74) is 0.711. The molecular weight excluding hydrogens is 170 g/mol. The number of carbonyl (C=O) groups is 2. The predicted octanol–water partition coefficient (Wildman–Crippen LogP) is 0.640. The molecule has 72 valence electrons. The van der Waals surface area contributed by atoms with Crippen LogP contribution >= 0.6 is 0 Å². The molecule has 1 rings (SSSR count). The van der Waals surface area contributed by atoms with Crippen LogP contribution in [0.15, 0.2) is 11.6 Å². The first-order valence-corrected chi connectivity index (χ1v) is 4.27. The van der Waals surface area contributed by atoms with Crippen LogP contribution in [0, 0.1) is 0 Å². The molecule has 0 bridgehead atoms. The zero-order chi connectivity index (χ0) is 9.84. The van der Waals surface area contributed by atoms with Gasteiger partial charge in [0.05, 0.1) is 0 Å². The van der Waals surface area contributed by atoms with Crippen molar-refractivity contribution in [2.75, 3.05) is 13.1 Å². The summed E-state index contributed by atoms with van der Waals surface area (Å²) in [7, 11) is 0. The number of carboxylic acids is 1. The van der Waals surface area contributed by atoms with Crippen molar-refractivity contribution >= 4 is 11.9 Å². The minimum Gasteiger partial charge on any atom is -0.478 e. The van der Waals surface area contributed by atoms with E-state index in [1.54, 1.807) is 11.8 Å². The van der Waals surface area contributed by atoms with E-state index >= 15 is 0 Å². The Balaban J connectivity index is 2.48. The van der Waals surface area contributed by atoms with Gasteiger partial charge in [0.25, 0.3) is 0 Å². The highest BCUT2D eigenvalue weighted by Crippen LogP contribution is 2.11. The SMILES string of the molecule is CC(=CC(=O)O)CN1CCCC1=O. The molecule has 1 aliphatic rings. The van der Waals surface area contributed by atoms with Crippen LogP contribution in [-0.2, 0) is 9.59 Å². The third-order valence-electron chi connectivity index (χ3n) is 1.98. The lowest BCUT2D eigenvalue weighted by atomic mass is 10.2. The summed E-state index contributed by atoms with van der Waals surface area (Å²) in [6.45, 7) is 2.93. The third kappa shape index (κ3) is 2.89. The molecule has 1 saturated heterocycles. The summed E-state index contributed by atoms with van der Waals surface area (Å²) < 4.78 is 0. The fourth-order valence-corrected chi connectivity index (χ4v) is 1.43. The van der Waals surface area contributed by atoms with Gasteiger partial charge in [0.15, 0.2) is 0 Å². The van der Waals surface area contributed by atoms with Crippen molar-refractivity contribution in [3.63, 3.8) is 0 Å². The summed E-state index contributed by atoms with van der Waals surface area (Å²) >= 11 is 0. The molecule has 0 aromatic heterocycles. The fourth-order valence-electron chi connectivity index (χ4n) is 1.43. The van der Waals surface area contributed by atoms with E-state index in [0.29, 0.717) is 18.5 Å². The van der Waals surface area contributed by atoms with Crippen molar-refractivity contribution in [2.45, 2.75) is 19.8 Å². The number of amides is 1. The van der Waals surface area contributed by atoms with Crippen LogP contribution in [-0.4, -0.2) is 35.0 Å². The first-order chi connectivity index (χ1) is 6.09. The number of aliphatic carboxylic acids is 1. The van der Waals surface area contributed by atoms with Crippen LogP contribution in [0.4, 0.5) is 0 Å². The number of carboxylic acid groups (broad SMARTS) is 1. The Kier molecular flexibility index (Phi) is 3.06. The summed E-state index contributed by atoms with van der Waals surface area (Å²) in [4.78, 5) is 23.1. The molecule has 1 heterocycles. The molecule has 4 nitrogen and oxygen atoms in total. The van der Waals surface area contributed by atoms with Crippen molar-refractivity contribution in [3.05, 3.63) is 11.6 Å². The molecule has 0 spiro atoms. The van der Waals surface area contributed by atoms with Crippen LogP contribution < -0.4 is 0 Å². The molecule has 1 aliphatic heterocycles. The highest BCUT2D eigenvalue weighted by atomic mass is 16.4. The normalized spacial score (nSPS) is 18.1. The van der Waals surface area contributed by atoms with Gasteiger partial charge in [-0.1, -0.05) is 0 Å². The maximum absolute atomic E-state index is 11.1. The zero-order valence-electron chi connectivity index (χ0n) is 7.62. The first kappa shape index (κ1) is 9.77. The molecular formula is C9H13NO3. The number of nitrogens with zero attached hydrogens (tertiary/aromatic N) is 1. The standard InChI is InChI=1S/C9H13NO3/c1-7(5-9(12)13)6-10-4-2-3-8(10)11/h5H,2-4,6H2,1H3,(H,12,13). The number of rotatable bonds is 3. The molecule has 0 radical (unpaired) electrons. The van der Waals surface area contributed by atoms with Gasteiger partial charge in [-0.2, -0.15) is 0 Å². The topological polar surface area (TPSA) is 57.6 Å². The van der Waals surface area contributed by atoms with Gasteiger partial charge in [-0.15, -0.1) is 0 Å². The van der Waals surface area contributed by atoms with E-state index in [4.69, 9.17) is 5.11 Å². The Morgan fingerprint density at radius 3 is 2.85 bits per heavy atom. The van der Waals surface area contributed by atoms with Crippen molar-refractivity contribution in [2.24, 2.45) is 0 Å². The lowest BCUT2D eigenvalue weighted by Gasteiger charge is -2.14. The molecule has 1 fully saturated rings. The Morgan fingerprint density at radius 1 is 1.69 bits per heavy atom. The lowest BCUT2D eigenvalue weighted by molar-refractivity contribution is -0.131. The van der Waals surface area contributed by atoms with Crippen molar-refractivity contribution in [3.8, 4) is 0 Å². The van der Waals surface area contributed by atoms with E-state index in [-0.39, 0.29) is 5.91 Å². The predicted molar refractivity (Wildman–Crippen MR) is 47.2 cm³/mol. The highest BCUT2D eigenvalue weighted by molar-refractivity contribution is 5.81. The minimum absolute atomic E-state index is 0.123. The Bertz CT molecular complexity index is 258.